The largest absolute Gasteiger partial charge is 0.488 e. The van der Waals surface area contributed by atoms with Gasteiger partial charge >= 0.3 is 7.12 Å². The van der Waals surface area contributed by atoms with Gasteiger partial charge in [0.2, 0.25) is 0 Å². The van der Waals surface area contributed by atoms with Gasteiger partial charge in [0, 0.05) is 12.5 Å². The van der Waals surface area contributed by atoms with Gasteiger partial charge in [0.15, 0.2) is 0 Å². The van der Waals surface area contributed by atoms with Crippen LogP contribution in [0.15, 0.2) is 24.3 Å². The van der Waals surface area contributed by atoms with Crippen molar-refractivity contribution in [1.82, 2.24) is 0 Å². The standard InChI is InChI=1S/C8H9BF2O2/c1-8(10,11)6-3-2-4-7(5-6)9(12)13/h2-5,12-13H,1H3. The van der Waals surface area contributed by atoms with Gasteiger partial charge < -0.3 is 10.0 Å². The number of hydrogen-bond donors (Lipinski definition) is 2. The van der Waals surface area contributed by atoms with Crippen molar-refractivity contribution in [3.05, 3.63) is 29.8 Å². The molecule has 0 atom stereocenters. The number of hydrogen-bond acceptors (Lipinski definition) is 2. The van der Waals surface area contributed by atoms with E-state index < -0.39 is 13.0 Å². The summed E-state index contributed by atoms with van der Waals surface area (Å²) in [5, 5.41) is 17.4. The molecule has 70 valence electrons. The fourth-order valence-corrected chi connectivity index (χ4v) is 0.972. The number of rotatable bonds is 2. The molecule has 0 radical (unpaired) electrons. The topological polar surface area (TPSA) is 40.5 Å². The lowest BCUT2D eigenvalue weighted by molar-refractivity contribution is 0.0175. The van der Waals surface area contributed by atoms with Gasteiger partial charge in [-0.3, -0.25) is 0 Å². The van der Waals surface area contributed by atoms with Gasteiger partial charge in [0.1, 0.15) is 0 Å². The summed E-state index contributed by atoms with van der Waals surface area (Å²) in [7, 11) is -1.71. The predicted octanol–water partition coefficient (Wildman–Crippen LogP) is 0.478. The van der Waals surface area contributed by atoms with E-state index in [1.54, 1.807) is 0 Å². The van der Waals surface area contributed by atoms with Crippen LogP contribution in [0, 0.1) is 0 Å². The van der Waals surface area contributed by atoms with E-state index in [0.717, 1.165) is 13.0 Å². The molecule has 1 aromatic carbocycles. The Hall–Kier alpha value is -0.935. The first-order valence-electron chi connectivity index (χ1n) is 3.75. The lowest BCUT2D eigenvalue weighted by atomic mass is 9.79. The first-order chi connectivity index (χ1) is 5.91. The van der Waals surface area contributed by atoms with Crippen molar-refractivity contribution in [1.29, 1.82) is 0 Å². The second kappa shape index (κ2) is 3.43. The zero-order valence-corrected chi connectivity index (χ0v) is 7.04. The van der Waals surface area contributed by atoms with Crippen LogP contribution in [0.1, 0.15) is 12.5 Å². The summed E-state index contributed by atoms with van der Waals surface area (Å²) in [6, 6.07) is 5.05. The monoisotopic (exact) mass is 186 g/mol. The zero-order valence-electron chi connectivity index (χ0n) is 7.04. The molecule has 1 rings (SSSR count). The maximum atomic E-state index is 12.7. The number of alkyl halides is 2. The van der Waals surface area contributed by atoms with Gasteiger partial charge in [-0.1, -0.05) is 24.3 Å². The molecule has 0 aliphatic carbocycles. The Morgan fingerprint density at radius 3 is 2.38 bits per heavy atom. The van der Waals surface area contributed by atoms with Crippen LogP contribution in [0.5, 0.6) is 0 Å². The molecular weight excluding hydrogens is 177 g/mol. The van der Waals surface area contributed by atoms with Crippen LogP contribution in [0.25, 0.3) is 0 Å². The third kappa shape index (κ3) is 2.50. The Kier molecular flexibility index (Phi) is 2.68. The molecule has 0 bridgehead atoms. The summed E-state index contributed by atoms with van der Waals surface area (Å²) in [5.41, 5.74) is -0.155. The average molecular weight is 186 g/mol. The minimum absolute atomic E-state index is 0.0685. The number of halogens is 2. The molecule has 0 saturated heterocycles. The Morgan fingerprint density at radius 1 is 1.31 bits per heavy atom. The Balaban J connectivity index is 3.06. The second-order valence-corrected chi connectivity index (χ2v) is 2.89. The first-order valence-corrected chi connectivity index (χ1v) is 3.75. The van der Waals surface area contributed by atoms with Crippen LogP contribution < -0.4 is 5.46 Å². The maximum Gasteiger partial charge on any atom is 0.488 e. The van der Waals surface area contributed by atoms with Crippen LogP contribution in [0.3, 0.4) is 0 Å². The van der Waals surface area contributed by atoms with E-state index in [1.165, 1.54) is 18.2 Å². The molecule has 0 spiro atoms. The number of benzene rings is 1. The minimum Gasteiger partial charge on any atom is -0.423 e. The summed E-state index contributed by atoms with van der Waals surface area (Å²) < 4.78 is 25.5. The van der Waals surface area contributed by atoms with E-state index in [4.69, 9.17) is 10.0 Å². The first kappa shape index (κ1) is 10.1. The highest BCUT2D eigenvalue weighted by Gasteiger charge is 2.25. The van der Waals surface area contributed by atoms with Crippen molar-refractivity contribution in [2.45, 2.75) is 12.8 Å². The van der Waals surface area contributed by atoms with Crippen LogP contribution in [-0.2, 0) is 5.92 Å². The highest BCUT2D eigenvalue weighted by Crippen LogP contribution is 2.25. The molecule has 1 aromatic rings. The third-order valence-corrected chi connectivity index (χ3v) is 1.69. The molecule has 0 aliphatic rings. The second-order valence-electron chi connectivity index (χ2n) is 2.89. The average Bonchev–Trinajstić information content (AvgIpc) is 2.03. The van der Waals surface area contributed by atoms with E-state index >= 15 is 0 Å². The van der Waals surface area contributed by atoms with Crippen molar-refractivity contribution in [2.75, 3.05) is 0 Å². The Labute approximate surface area is 75.0 Å². The van der Waals surface area contributed by atoms with E-state index in [-0.39, 0.29) is 11.0 Å². The third-order valence-electron chi connectivity index (χ3n) is 1.69. The maximum absolute atomic E-state index is 12.7. The highest BCUT2D eigenvalue weighted by molar-refractivity contribution is 6.58. The van der Waals surface area contributed by atoms with Crippen LogP contribution in [0.2, 0.25) is 0 Å². The summed E-state index contributed by atoms with van der Waals surface area (Å²) >= 11 is 0. The summed E-state index contributed by atoms with van der Waals surface area (Å²) in [6.07, 6.45) is 0. The van der Waals surface area contributed by atoms with E-state index in [0.29, 0.717) is 0 Å². The molecule has 0 aliphatic heterocycles. The van der Waals surface area contributed by atoms with E-state index in [9.17, 15) is 8.78 Å². The van der Waals surface area contributed by atoms with Gasteiger partial charge in [-0.15, -0.1) is 0 Å². The van der Waals surface area contributed by atoms with Gasteiger partial charge in [0.25, 0.3) is 5.92 Å². The summed E-state index contributed by atoms with van der Waals surface area (Å²) in [5.74, 6) is -2.95. The highest BCUT2D eigenvalue weighted by atomic mass is 19.3. The smallest absolute Gasteiger partial charge is 0.423 e. The van der Waals surface area contributed by atoms with E-state index in [2.05, 4.69) is 0 Å². The molecule has 0 saturated carbocycles. The van der Waals surface area contributed by atoms with Crippen molar-refractivity contribution in [3.8, 4) is 0 Å². The Bertz CT molecular complexity index is 296. The molecule has 5 heteroatoms. The SMILES string of the molecule is CC(F)(F)c1cccc(B(O)O)c1. The molecule has 0 unspecified atom stereocenters. The van der Waals surface area contributed by atoms with Crippen LogP contribution >= 0.6 is 0 Å². The van der Waals surface area contributed by atoms with Crippen LogP contribution in [-0.4, -0.2) is 17.2 Å². The van der Waals surface area contributed by atoms with E-state index in [1.807, 2.05) is 0 Å². The summed E-state index contributed by atoms with van der Waals surface area (Å²) in [4.78, 5) is 0. The van der Waals surface area contributed by atoms with Crippen LogP contribution in [0.4, 0.5) is 8.78 Å². The van der Waals surface area contributed by atoms with Crippen molar-refractivity contribution in [2.24, 2.45) is 0 Å². The van der Waals surface area contributed by atoms with Gasteiger partial charge in [0.05, 0.1) is 0 Å². The molecule has 0 amide bonds. The van der Waals surface area contributed by atoms with Gasteiger partial charge in [-0.05, 0) is 5.46 Å². The minimum atomic E-state index is -2.95. The predicted molar refractivity (Wildman–Crippen MR) is 45.8 cm³/mol. The van der Waals surface area contributed by atoms with Gasteiger partial charge in [-0.25, -0.2) is 8.78 Å². The van der Waals surface area contributed by atoms with Gasteiger partial charge in [-0.2, -0.15) is 0 Å². The fourth-order valence-electron chi connectivity index (χ4n) is 0.972. The molecule has 2 nitrogen and oxygen atoms in total. The molecular formula is C8H9BF2O2. The summed E-state index contributed by atoms with van der Waals surface area (Å²) in [6.45, 7) is 0.760. The molecule has 0 aromatic heterocycles. The zero-order chi connectivity index (χ0) is 10.1. The Morgan fingerprint density at radius 2 is 1.92 bits per heavy atom. The lowest BCUT2D eigenvalue weighted by Gasteiger charge is -2.11. The van der Waals surface area contributed by atoms with Crippen molar-refractivity contribution < 1.29 is 18.8 Å². The normalized spacial score (nSPS) is 11.5. The fraction of sp³-hybridized carbons (Fsp3) is 0.250. The quantitative estimate of drug-likeness (QED) is 0.659. The van der Waals surface area contributed by atoms with Crippen molar-refractivity contribution in [3.63, 3.8) is 0 Å². The molecule has 13 heavy (non-hydrogen) atoms. The molecule has 2 N–H and O–H groups in total. The molecule has 0 heterocycles. The molecule has 0 fully saturated rings. The van der Waals surface area contributed by atoms with Crippen molar-refractivity contribution >= 4 is 12.6 Å². The lowest BCUT2D eigenvalue weighted by Crippen LogP contribution is -2.30.